The Morgan fingerprint density at radius 2 is 1.81 bits per heavy atom. The van der Waals surface area contributed by atoms with Crippen LogP contribution in [0, 0.1) is 0 Å². The van der Waals surface area contributed by atoms with Crippen molar-refractivity contribution >= 4 is 5.70 Å². The van der Waals surface area contributed by atoms with Crippen LogP contribution in [-0.4, -0.2) is 40.2 Å². The third-order valence-corrected chi connectivity index (χ3v) is 4.82. The van der Waals surface area contributed by atoms with Crippen molar-refractivity contribution in [3.05, 3.63) is 77.5 Å². The predicted octanol–water partition coefficient (Wildman–Crippen LogP) is 0.251. The van der Waals surface area contributed by atoms with Gasteiger partial charge in [-0.05, 0) is 5.56 Å². The van der Waals surface area contributed by atoms with E-state index in [1.807, 2.05) is 54.0 Å². The molecule has 0 radical (unpaired) electrons. The maximum Gasteiger partial charge on any atom is 0.117 e. The minimum absolute atomic E-state index is 0.189. The summed E-state index contributed by atoms with van der Waals surface area (Å²) in [5.41, 5.74) is 9.63. The minimum atomic E-state index is -1.02. The first kappa shape index (κ1) is 19.5. The van der Waals surface area contributed by atoms with Crippen molar-refractivity contribution in [2.45, 2.75) is 37.4 Å². The quantitative estimate of drug-likeness (QED) is 0.500. The second-order valence-electron chi connectivity index (χ2n) is 6.82. The topological polar surface area (TPSA) is 113 Å². The predicted molar refractivity (Wildman–Crippen MR) is 102 cm³/mol. The molecule has 2 aromatic carbocycles. The highest BCUT2D eigenvalue weighted by molar-refractivity contribution is 5.61. The lowest BCUT2D eigenvalue weighted by molar-refractivity contribution is -0.604. The second kappa shape index (κ2) is 9.12. The summed E-state index contributed by atoms with van der Waals surface area (Å²) in [4.78, 5) is 0. The summed E-state index contributed by atoms with van der Waals surface area (Å²) in [6.45, 7) is 0.619. The average molecular weight is 371 g/mol. The van der Waals surface area contributed by atoms with Crippen LogP contribution in [0.15, 0.2) is 60.8 Å². The van der Waals surface area contributed by atoms with Crippen LogP contribution in [0.4, 0.5) is 0 Å². The molecule has 0 amide bonds. The monoisotopic (exact) mass is 371 g/mol. The summed E-state index contributed by atoms with van der Waals surface area (Å²) in [6.07, 6.45) is -0.983. The number of hydrogen-bond acceptors (Lipinski definition) is 5. The van der Waals surface area contributed by atoms with Crippen LogP contribution in [-0.2, 0) is 11.3 Å². The van der Waals surface area contributed by atoms with E-state index in [1.165, 1.54) is 5.56 Å². The van der Waals surface area contributed by atoms with E-state index in [2.05, 4.69) is 12.1 Å². The molecular weight excluding hydrogens is 344 g/mol. The Hall–Kier alpha value is -2.22. The number of aliphatic hydroxyl groups is 3. The SMILES string of the molecule is N/C(=C\[NH2+]Cc1ccccc1)c1ccc([C@H]2O[C@H](CO)C[C@H](O)[C@@H]2O)cc1. The first-order valence-corrected chi connectivity index (χ1v) is 9.14. The molecule has 0 bridgehead atoms. The average Bonchev–Trinajstić information content (AvgIpc) is 2.71. The highest BCUT2D eigenvalue weighted by Crippen LogP contribution is 2.32. The van der Waals surface area contributed by atoms with Crippen LogP contribution < -0.4 is 11.1 Å². The van der Waals surface area contributed by atoms with Gasteiger partial charge in [-0.25, -0.2) is 0 Å². The van der Waals surface area contributed by atoms with E-state index in [-0.39, 0.29) is 13.0 Å². The molecule has 0 spiro atoms. The lowest BCUT2D eigenvalue weighted by atomic mass is 9.93. The van der Waals surface area contributed by atoms with E-state index in [9.17, 15) is 15.3 Å². The zero-order valence-electron chi connectivity index (χ0n) is 15.1. The zero-order chi connectivity index (χ0) is 19.2. The zero-order valence-corrected chi connectivity index (χ0v) is 15.1. The van der Waals surface area contributed by atoms with Gasteiger partial charge in [0.2, 0.25) is 0 Å². The van der Waals surface area contributed by atoms with E-state index < -0.39 is 24.4 Å². The highest BCUT2D eigenvalue weighted by Gasteiger charge is 2.37. The van der Waals surface area contributed by atoms with Crippen molar-refractivity contribution in [2.75, 3.05) is 6.61 Å². The number of hydrogen-bond donors (Lipinski definition) is 5. The van der Waals surface area contributed by atoms with Crippen LogP contribution in [0.25, 0.3) is 5.70 Å². The van der Waals surface area contributed by atoms with E-state index >= 15 is 0 Å². The molecule has 27 heavy (non-hydrogen) atoms. The number of quaternary nitrogens is 1. The van der Waals surface area contributed by atoms with Crippen molar-refractivity contribution in [3.8, 4) is 0 Å². The Balaban J connectivity index is 1.64. The molecule has 6 nitrogen and oxygen atoms in total. The van der Waals surface area contributed by atoms with Gasteiger partial charge >= 0.3 is 0 Å². The normalized spacial score (nSPS) is 26.1. The molecule has 7 N–H and O–H groups in total. The Kier molecular flexibility index (Phi) is 6.60. The van der Waals surface area contributed by atoms with Crippen molar-refractivity contribution in [1.29, 1.82) is 0 Å². The summed E-state index contributed by atoms with van der Waals surface area (Å²) < 4.78 is 5.71. The second-order valence-corrected chi connectivity index (χ2v) is 6.82. The number of aliphatic hydroxyl groups excluding tert-OH is 3. The van der Waals surface area contributed by atoms with Crippen LogP contribution in [0.2, 0.25) is 0 Å². The van der Waals surface area contributed by atoms with Crippen molar-refractivity contribution in [2.24, 2.45) is 5.73 Å². The smallest absolute Gasteiger partial charge is 0.117 e. The molecule has 0 aromatic heterocycles. The lowest BCUT2D eigenvalue weighted by Crippen LogP contribution is -2.76. The van der Waals surface area contributed by atoms with Gasteiger partial charge in [0.25, 0.3) is 0 Å². The van der Waals surface area contributed by atoms with Gasteiger partial charge in [0.05, 0.1) is 24.5 Å². The van der Waals surface area contributed by atoms with Gasteiger partial charge in [0.15, 0.2) is 0 Å². The molecule has 1 aliphatic rings. The number of benzene rings is 2. The molecule has 2 aromatic rings. The molecule has 6 heteroatoms. The highest BCUT2D eigenvalue weighted by atomic mass is 16.5. The van der Waals surface area contributed by atoms with Gasteiger partial charge in [0.1, 0.15) is 25.0 Å². The van der Waals surface area contributed by atoms with Crippen LogP contribution in [0.5, 0.6) is 0 Å². The van der Waals surface area contributed by atoms with Gasteiger partial charge in [-0.1, -0.05) is 54.6 Å². The Bertz CT molecular complexity index is 749. The van der Waals surface area contributed by atoms with E-state index in [0.717, 1.165) is 17.7 Å². The minimum Gasteiger partial charge on any atom is -0.394 e. The fourth-order valence-corrected chi connectivity index (χ4v) is 3.24. The third kappa shape index (κ3) is 4.94. The van der Waals surface area contributed by atoms with Gasteiger partial charge in [0, 0.05) is 17.5 Å². The first-order valence-electron chi connectivity index (χ1n) is 9.14. The van der Waals surface area contributed by atoms with Crippen molar-refractivity contribution < 1.29 is 25.4 Å². The van der Waals surface area contributed by atoms with Crippen LogP contribution >= 0.6 is 0 Å². The Morgan fingerprint density at radius 3 is 2.48 bits per heavy atom. The van der Waals surface area contributed by atoms with Crippen LogP contribution in [0.3, 0.4) is 0 Å². The summed E-state index contributed by atoms with van der Waals surface area (Å²) in [7, 11) is 0. The maximum atomic E-state index is 10.2. The van der Waals surface area contributed by atoms with Gasteiger partial charge < -0.3 is 31.1 Å². The van der Waals surface area contributed by atoms with Gasteiger partial charge in [-0.15, -0.1) is 0 Å². The Morgan fingerprint density at radius 1 is 1.11 bits per heavy atom. The third-order valence-electron chi connectivity index (χ3n) is 4.82. The molecular formula is C21H27N2O4+. The van der Waals surface area contributed by atoms with Crippen LogP contribution in [0.1, 0.15) is 29.2 Å². The molecule has 0 unspecified atom stereocenters. The molecule has 0 aliphatic carbocycles. The summed E-state index contributed by atoms with van der Waals surface area (Å²) in [5, 5.41) is 31.5. The summed E-state index contributed by atoms with van der Waals surface area (Å²) in [5.74, 6) is 0. The molecule has 0 saturated carbocycles. The van der Waals surface area contributed by atoms with Gasteiger partial charge in [-0.3, -0.25) is 0 Å². The van der Waals surface area contributed by atoms with Crippen molar-refractivity contribution in [1.82, 2.24) is 0 Å². The molecule has 1 heterocycles. The number of rotatable bonds is 6. The largest absolute Gasteiger partial charge is 0.394 e. The molecule has 1 aliphatic heterocycles. The fraction of sp³-hybridized carbons (Fsp3) is 0.333. The summed E-state index contributed by atoms with van der Waals surface area (Å²) in [6, 6.07) is 17.5. The number of nitrogens with two attached hydrogens (primary N) is 2. The molecule has 1 fully saturated rings. The molecule has 1 saturated heterocycles. The molecule has 4 atom stereocenters. The number of ether oxygens (including phenoxy) is 1. The Labute approximate surface area is 158 Å². The first-order chi connectivity index (χ1) is 13.1. The fourth-order valence-electron chi connectivity index (χ4n) is 3.24. The van der Waals surface area contributed by atoms with Crippen molar-refractivity contribution in [3.63, 3.8) is 0 Å². The molecule has 3 rings (SSSR count). The maximum absolute atomic E-state index is 10.2. The van der Waals surface area contributed by atoms with Gasteiger partial charge in [-0.2, -0.15) is 0 Å². The lowest BCUT2D eigenvalue weighted by Gasteiger charge is -2.36. The standard InChI is InChI=1S/C21H26N2O4/c22-18(12-23-11-14-4-2-1-3-5-14)15-6-8-16(9-7-15)21-20(26)19(25)10-17(13-24)27-21/h1-9,12,17,19-21,23-26H,10-11,13,22H2/p+1/b18-12-/t17-,19-,20-,21+/m0/s1. The molecule has 144 valence electrons. The van der Waals surface area contributed by atoms with E-state index in [1.54, 1.807) is 0 Å². The summed E-state index contributed by atoms with van der Waals surface area (Å²) >= 11 is 0. The van der Waals surface area contributed by atoms with E-state index in [0.29, 0.717) is 5.70 Å². The van der Waals surface area contributed by atoms with E-state index in [4.69, 9.17) is 10.5 Å².